The van der Waals surface area contributed by atoms with E-state index in [9.17, 15) is 13.6 Å². The van der Waals surface area contributed by atoms with Crippen LogP contribution < -0.4 is 0 Å². The number of halogens is 3. The first-order chi connectivity index (χ1) is 7.99. The Hall–Kier alpha value is -0.970. The molecule has 92 valence electrons. The number of esters is 1. The number of hydrogen-bond acceptors (Lipinski definition) is 2. The minimum atomic E-state index is -1.77. The molecule has 5 heteroatoms. The number of carbonyl (C=O) groups is 1. The fourth-order valence-corrected chi connectivity index (χ4v) is 2.07. The SMILES string of the molecule is CCOC(=O)[C@@H]1C[C@@]1(F)c1ccc(Br)c(F)c1. The number of ether oxygens (including phenoxy) is 1. The lowest BCUT2D eigenvalue weighted by atomic mass is 10.1. The van der Waals surface area contributed by atoms with Crippen molar-refractivity contribution < 1.29 is 18.3 Å². The first kappa shape index (κ1) is 12.5. The lowest BCUT2D eigenvalue weighted by Crippen LogP contribution is -2.13. The average Bonchev–Trinajstić information content (AvgIpc) is 2.97. The van der Waals surface area contributed by atoms with Crippen LogP contribution in [0.3, 0.4) is 0 Å². The van der Waals surface area contributed by atoms with Crippen LogP contribution in [0.1, 0.15) is 18.9 Å². The zero-order valence-electron chi connectivity index (χ0n) is 9.17. The molecule has 1 saturated carbocycles. The Balaban J connectivity index is 2.19. The monoisotopic (exact) mass is 304 g/mol. The van der Waals surface area contributed by atoms with Crippen molar-refractivity contribution in [3.05, 3.63) is 34.1 Å². The van der Waals surface area contributed by atoms with Crippen LogP contribution in [-0.2, 0) is 15.2 Å². The first-order valence-electron chi connectivity index (χ1n) is 5.30. The Kier molecular flexibility index (Phi) is 3.21. The molecule has 2 rings (SSSR count). The highest BCUT2D eigenvalue weighted by Gasteiger charge is 2.61. The number of carbonyl (C=O) groups excluding carboxylic acids is 1. The van der Waals surface area contributed by atoms with E-state index in [0.717, 1.165) is 6.07 Å². The molecule has 1 aliphatic carbocycles. The normalized spacial score (nSPS) is 26.7. The van der Waals surface area contributed by atoms with E-state index in [1.54, 1.807) is 6.92 Å². The van der Waals surface area contributed by atoms with Gasteiger partial charge >= 0.3 is 5.97 Å². The van der Waals surface area contributed by atoms with Gasteiger partial charge in [0.15, 0.2) is 0 Å². The molecular weight excluding hydrogens is 294 g/mol. The van der Waals surface area contributed by atoms with Crippen LogP contribution in [0.5, 0.6) is 0 Å². The van der Waals surface area contributed by atoms with Crippen molar-refractivity contribution in [2.45, 2.75) is 19.0 Å². The molecule has 0 unspecified atom stereocenters. The third-order valence-corrected chi connectivity index (χ3v) is 3.51. The second-order valence-corrected chi connectivity index (χ2v) is 4.85. The van der Waals surface area contributed by atoms with Crippen LogP contribution in [0, 0.1) is 11.7 Å². The van der Waals surface area contributed by atoms with Gasteiger partial charge in [0.25, 0.3) is 0 Å². The Morgan fingerprint density at radius 2 is 2.35 bits per heavy atom. The summed E-state index contributed by atoms with van der Waals surface area (Å²) < 4.78 is 32.6. The van der Waals surface area contributed by atoms with Gasteiger partial charge in [-0.1, -0.05) is 6.07 Å². The summed E-state index contributed by atoms with van der Waals surface area (Å²) >= 11 is 3.00. The van der Waals surface area contributed by atoms with E-state index >= 15 is 0 Å². The van der Waals surface area contributed by atoms with Crippen molar-refractivity contribution in [1.29, 1.82) is 0 Å². The molecule has 17 heavy (non-hydrogen) atoms. The molecule has 1 aliphatic rings. The molecule has 1 aromatic carbocycles. The van der Waals surface area contributed by atoms with Crippen LogP contribution in [0.2, 0.25) is 0 Å². The van der Waals surface area contributed by atoms with Crippen molar-refractivity contribution in [1.82, 2.24) is 0 Å². The third-order valence-electron chi connectivity index (χ3n) is 2.86. The largest absolute Gasteiger partial charge is 0.466 e. The number of hydrogen-bond donors (Lipinski definition) is 0. The topological polar surface area (TPSA) is 26.3 Å². The summed E-state index contributed by atoms with van der Waals surface area (Å²) in [6.45, 7) is 1.89. The van der Waals surface area contributed by atoms with Crippen molar-refractivity contribution in [3.8, 4) is 0 Å². The standard InChI is InChI=1S/C12H11BrF2O2/c1-2-17-11(16)8-6-12(8,15)7-3-4-9(13)10(14)5-7/h3-5,8H,2,6H2,1H3/t8-,12+/m0/s1. The van der Waals surface area contributed by atoms with Crippen molar-refractivity contribution in [2.24, 2.45) is 5.92 Å². The summed E-state index contributed by atoms with van der Waals surface area (Å²) in [5.74, 6) is -1.89. The van der Waals surface area contributed by atoms with Gasteiger partial charge in [0, 0.05) is 6.42 Å². The second kappa shape index (κ2) is 4.37. The molecule has 0 bridgehead atoms. The highest BCUT2D eigenvalue weighted by atomic mass is 79.9. The van der Waals surface area contributed by atoms with Crippen LogP contribution in [0.15, 0.2) is 22.7 Å². The van der Waals surface area contributed by atoms with Gasteiger partial charge in [-0.15, -0.1) is 0 Å². The Morgan fingerprint density at radius 1 is 1.65 bits per heavy atom. The van der Waals surface area contributed by atoms with Gasteiger partial charge in [0.05, 0.1) is 17.0 Å². The van der Waals surface area contributed by atoms with Crippen LogP contribution >= 0.6 is 15.9 Å². The molecule has 0 aliphatic heterocycles. The molecule has 0 amide bonds. The van der Waals surface area contributed by atoms with Gasteiger partial charge in [-0.25, -0.2) is 8.78 Å². The molecule has 1 fully saturated rings. The summed E-state index contributed by atoms with van der Waals surface area (Å²) in [6, 6.07) is 4.03. The second-order valence-electron chi connectivity index (χ2n) is 4.00. The molecule has 2 nitrogen and oxygen atoms in total. The molecule has 0 spiro atoms. The zero-order chi connectivity index (χ0) is 12.6. The van der Waals surface area contributed by atoms with Crippen LogP contribution in [-0.4, -0.2) is 12.6 Å². The molecule has 0 N–H and O–H groups in total. The Bertz CT molecular complexity index is 464. The summed E-state index contributed by atoms with van der Waals surface area (Å²) in [5.41, 5.74) is -1.58. The van der Waals surface area contributed by atoms with Gasteiger partial charge < -0.3 is 4.74 Å². The van der Waals surface area contributed by atoms with Crippen LogP contribution in [0.25, 0.3) is 0 Å². The molecule has 0 aromatic heterocycles. The molecule has 2 atom stereocenters. The Morgan fingerprint density at radius 3 is 2.94 bits per heavy atom. The predicted molar refractivity (Wildman–Crippen MR) is 61.6 cm³/mol. The van der Waals surface area contributed by atoms with Crippen molar-refractivity contribution >= 4 is 21.9 Å². The minimum absolute atomic E-state index is 0.0624. The van der Waals surface area contributed by atoms with E-state index in [4.69, 9.17) is 4.74 Å². The molecular formula is C12H11BrF2O2. The van der Waals surface area contributed by atoms with Gasteiger partial charge in [0.2, 0.25) is 0 Å². The van der Waals surface area contributed by atoms with E-state index in [1.807, 2.05) is 0 Å². The first-order valence-corrected chi connectivity index (χ1v) is 6.09. The molecule has 0 heterocycles. The fraction of sp³-hybridized carbons (Fsp3) is 0.417. The maximum Gasteiger partial charge on any atom is 0.312 e. The van der Waals surface area contributed by atoms with Gasteiger partial charge in [-0.05, 0) is 40.5 Å². The van der Waals surface area contributed by atoms with E-state index in [2.05, 4.69) is 15.9 Å². The fourth-order valence-electron chi connectivity index (χ4n) is 1.82. The highest BCUT2D eigenvalue weighted by molar-refractivity contribution is 9.10. The smallest absolute Gasteiger partial charge is 0.312 e. The van der Waals surface area contributed by atoms with Gasteiger partial charge in [0.1, 0.15) is 11.5 Å². The quantitative estimate of drug-likeness (QED) is 0.801. The number of rotatable bonds is 3. The summed E-state index contributed by atoms with van der Waals surface area (Å²) in [5, 5.41) is 0. The van der Waals surface area contributed by atoms with E-state index in [0.29, 0.717) is 0 Å². The predicted octanol–water partition coefficient (Wildman–Crippen LogP) is 3.34. The average molecular weight is 305 g/mol. The lowest BCUT2D eigenvalue weighted by Gasteiger charge is -2.08. The lowest BCUT2D eigenvalue weighted by molar-refractivity contribution is -0.145. The minimum Gasteiger partial charge on any atom is -0.466 e. The Labute approximate surface area is 106 Å². The number of alkyl halides is 1. The molecule has 0 radical (unpaired) electrons. The van der Waals surface area contributed by atoms with Crippen molar-refractivity contribution in [2.75, 3.05) is 6.61 Å². The number of benzene rings is 1. The zero-order valence-corrected chi connectivity index (χ0v) is 10.8. The van der Waals surface area contributed by atoms with Gasteiger partial charge in [-0.2, -0.15) is 0 Å². The van der Waals surface area contributed by atoms with E-state index in [-0.39, 0.29) is 23.1 Å². The maximum atomic E-state index is 14.3. The third kappa shape index (κ3) is 2.20. The summed E-state index contributed by atoms with van der Waals surface area (Å²) in [6.07, 6.45) is 0.0624. The van der Waals surface area contributed by atoms with Crippen molar-refractivity contribution in [3.63, 3.8) is 0 Å². The van der Waals surface area contributed by atoms with E-state index < -0.39 is 23.4 Å². The summed E-state index contributed by atoms with van der Waals surface area (Å²) in [7, 11) is 0. The molecule has 1 aromatic rings. The van der Waals surface area contributed by atoms with Gasteiger partial charge in [-0.3, -0.25) is 4.79 Å². The van der Waals surface area contributed by atoms with Crippen LogP contribution in [0.4, 0.5) is 8.78 Å². The summed E-state index contributed by atoms with van der Waals surface area (Å²) in [4.78, 5) is 11.4. The van der Waals surface area contributed by atoms with E-state index in [1.165, 1.54) is 12.1 Å². The maximum absolute atomic E-state index is 14.3. The highest BCUT2D eigenvalue weighted by Crippen LogP contribution is 2.56. The molecule has 0 saturated heterocycles.